The van der Waals surface area contributed by atoms with Crippen LogP contribution in [0.5, 0.6) is 0 Å². The lowest BCUT2D eigenvalue weighted by molar-refractivity contribution is 0.649. The van der Waals surface area contributed by atoms with Gasteiger partial charge < -0.3 is 5.73 Å². The fourth-order valence-corrected chi connectivity index (χ4v) is 2.24. The van der Waals surface area contributed by atoms with E-state index in [2.05, 4.69) is 22.4 Å². The van der Waals surface area contributed by atoms with Crippen LogP contribution in [0.2, 0.25) is 0 Å². The summed E-state index contributed by atoms with van der Waals surface area (Å²) in [7, 11) is 0. The number of nitrogens with zero attached hydrogens (tertiary/aromatic N) is 3. The number of aromatic nitrogens is 3. The highest BCUT2D eigenvalue weighted by molar-refractivity contribution is 5.32. The van der Waals surface area contributed by atoms with E-state index in [1.165, 1.54) is 5.56 Å². The minimum atomic E-state index is -0.132. The number of nitrogens with two attached hydrogens (primary N) is 1. The molecule has 4 heteroatoms. The zero-order valence-corrected chi connectivity index (χ0v) is 11.1. The number of hydrogen-bond donors (Lipinski definition) is 1. The molecule has 1 atom stereocenters. The second kappa shape index (κ2) is 5.67. The third-order valence-electron chi connectivity index (χ3n) is 3.25. The molecule has 1 aromatic heterocycles. The molecule has 20 heavy (non-hydrogen) atoms. The first-order valence-electron chi connectivity index (χ1n) is 6.60. The summed E-state index contributed by atoms with van der Waals surface area (Å²) in [5.41, 5.74) is 9.41. The normalized spacial score (nSPS) is 12.2. The Morgan fingerprint density at radius 3 is 2.30 bits per heavy atom. The Morgan fingerprint density at radius 1 is 0.950 bits per heavy atom. The Morgan fingerprint density at radius 2 is 1.60 bits per heavy atom. The highest BCUT2D eigenvalue weighted by Gasteiger charge is 2.14. The van der Waals surface area contributed by atoms with Gasteiger partial charge in [0.2, 0.25) is 0 Å². The molecule has 1 heterocycles. The topological polar surface area (TPSA) is 56.7 Å². The molecule has 0 saturated carbocycles. The molecule has 0 radical (unpaired) electrons. The van der Waals surface area contributed by atoms with Crippen molar-refractivity contribution >= 4 is 0 Å². The van der Waals surface area contributed by atoms with Crippen molar-refractivity contribution in [3.05, 3.63) is 78.1 Å². The van der Waals surface area contributed by atoms with Gasteiger partial charge in [-0.1, -0.05) is 53.7 Å². The van der Waals surface area contributed by atoms with Crippen LogP contribution < -0.4 is 5.73 Å². The van der Waals surface area contributed by atoms with Gasteiger partial charge in [0.05, 0.1) is 23.6 Å². The quantitative estimate of drug-likeness (QED) is 0.787. The van der Waals surface area contributed by atoms with Gasteiger partial charge in [-0.2, -0.15) is 0 Å². The highest BCUT2D eigenvalue weighted by atomic mass is 15.4. The van der Waals surface area contributed by atoms with Crippen LogP contribution in [0.1, 0.15) is 17.3 Å². The molecule has 0 bridgehead atoms. The van der Waals surface area contributed by atoms with Gasteiger partial charge >= 0.3 is 0 Å². The summed E-state index contributed by atoms with van der Waals surface area (Å²) in [4.78, 5) is 0. The Bertz CT molecular complexity index is 661. The van der Waals surface area contributed by atoms with Crippen molar-refractivity contribution in [1.29, 1.82) is 0 Å². The summed E-state index contributed by atoms with van der Waals surface area (Å²) in [5.74, 6) is 0. The van der Waals surface area contributed by atoms with Crippen molar-refractivity contribution in [3.8, 4) is 5.69 Å². The van der Waals surface area contributed by atoms with Gasteiger partial charge in [0.1, 0.15) is 0 Å². The molecule has 2 aromatic carbocycles. The van der Waals surface area contributed by atoms with Crippen molar-refractivity contribution in [2.24, 2.45) is 5.73 Å². The minimum Gasteiger partial charge on any atom is -0.322 e. The Hall–Kier alpha value is -2.46. The van der Waals surface area contributed by atoms with Gasteiger partial charge in [-0.3, -0.25) is 0 Å². The van der Waals surface area contributed by atoms with Gasteiger partial charge in [0.15, 0.2) is 0 Å². The fraction of sp³-hybridized carbons (Fsp3) is 0.125. The number of benzene rings is 2. The first-order chi connectivity index (χ1) is 9.84. The number of hydrogen-bond acceptors (Lipinski definition) is 3. The van der Waals surface area contributed by atoms with E-state index in [9.17, 15) is 0 Å². The van der Waals surface area contributed by atoms with Crippen molar-refractivity contribution in [2.75, 3.05) is 0 Å². The zero-order chi connectivity index (χ0) is 13.8. The molecule has 3 aromatic rings. The largest absolute Gasteiger partial charge is 0.322 e. The number of rotatable bonds is 4. The second-order valence-electron chi connectivity index (χ2n) is 4.70. The predicted molar refractivity (Wildman–Crippen MR) is 78.4 cm³/mol. The lowest BCUT2D eigenvalue weighted by Crippen LogP contribution is -2.17. The molecule has 0 aliphatic heterocycles. The number of para-hydroxylation sites is 1. The minimum absolute atomic E-state index is 0.132. The van der Waals surface area contributed by atoms with Crippen LogP contribution in [-0.4, -0.2) is 15.0 Å². The van der Waals surface area contributed by atoms with Crippen molar-refractivity contribution in [1.82, 2.24) is 15.0 Å². The Balaban J connectivity index is 1.86. The van der Waals surface area contributed by atoms with Gasteiger partial charge in [-0.15, -0.1) is 5.10 Å². The van der Waals surface area contributed by atoms with Crippen LogP contribution in [0.3, 0.4) is 0 Å². The summed E-state index contributed by atoms with van der Waals surface area (Å²) in [6.45, 7) is 0. The van der Waals surface area contributed by atoms with E-state index in [0.29, 0.717) is 0 Å². The molecule has 0 fully saturated rings. The Kier molecular flexibility index (Phi) is 3.56. The lowest BCUT2D eigenvalue weighted by Gasteiger charge is -2.13. The summed E-state index contributed by atoms with van der Waals surface area (Å²) < 4.78 is 1.80. The molecule has 2 N–H and O–H groups in total. The van der Waals surface area contributed by atoms with E-state index < -0.39 is 0 Å². The van der Waals surface area contributed by atoms with E-state index in [1.54, 1.807) is 10.9 Å². The molecule has 3 rings (SSSR count). The van der Waals surface area contributed by atoms with Crippen LogP contribution in [0, 0.1) is 0 Å². The van der Waals surface area contributed by atoms with E-state index in [0.717, 1.165) is 17.8 Å². The van der Waals surface area contributed by atoms with Crippen LogP contribution in [-0.2, 0) is 6.42 Å². The lowest BCUT2D eigenvalue weighted by atomic mass is 10.0. The molecule has 0 amide bonds. The average molecular weight is 264 g/mol. The molecular weight excluding hydrogens is 248 g/mol. The second-order valence-corrected chi connectivity index (χ2v) is 4.70. The molecule has 1 unspecified atom stereocenters. The maximum atomic E-state index is 6.31. The van der Waals surface area contributed by atoms with E-state index in [-0.39, 0.29) is 6.04 Å². The van der Waals surface area contributed by atoms with Crippen LogP contribution >= 0.6 is 0 Å². The highest BCUT2D eigenvalue weighted by Crippen LogP contribution is 2.18. The third-order valence-corrected chi connectivity index (χ3v) is 3.25. The predicted octanol–water partition coefficient (Wildman–Crippen LogP) is 2.51. The van der Waals surface area contributed by atoms with Gasteiger partial charge in [-0.25, -0.2) is 4.68 Å². The van der Waals surface area contributed by atoms with Crippen LogP contribution in [0.25, 0.3) is 5.69 Å². The van der Waals surface area contributed by atoms with Gasteiger partial charge in [0.25, 0.3) is 0 Å². The summed E-state index contributed by atoms with van der Waals surface area (Å²) in [5, 5.41) is 8.13. The maximum Gasteiger partial charge on any atom is 0.0816 e. The molecule has 0 aliphatic carbocycles. The summed E-state index contributed by atoms with van der Waals surface area (Å²) in [6, 6.07) is 20.0. The Labute approximate surface area is 117 Å². The summed E-state index contributed by atoms with van der Waals surface area (Å²) in [6.07, 6.45) is 2.50. The molecule has 0 saturated heterocycles. The maximum absolute atomic E-state index is 6.31. The van der Waals surface area contributed by atoms with Crippen LogP contribution in [0.4, 0.5) is 0 Å². The first kappa shape index (κ1) is 12.6. The van der Waals surface area contributed by atoms with E-state index >= 15 is 0 Å². The molecule has 100 valence electrons. The standard InChI is InChI=1S/C16H16N4/c17-15(11-13-7-3-1-4-8-13)16-12-18-19-20(16)14-9-5-2-6-10-14/h1-10,12,15H,11,17H2. The molecule has 0 spiro atoms. The van der Waals surface area contributed by atoms with Crippen molar-refractivity contribution in [2.45, 2.75) is 12.5 Å². The van der Waals surface area contributed by atoms with Crippen molar-refractivity contribution in [3.63, 3.8) is 0 Å². The van der Waals surface area contributed by atoms with Crippen molar-refractivity contribution < 1.29 is 0 Å². The molecule has 0 aliphatic rings. The van der Waals surface area contributed by atoms with Gasteiger partial charge in [0, 0.05) is 0 Å². The molecular formula is C16H16N4. The fourth-order valence-electron chi connectivity index (χ4n) is 2.24. The van der Waals surface area contributed by atoms with Crippen LogP contribution in [0.15, 0.2) is 66.9 Å². The van der Waals surface area contributed by atoms with E-state index in [1.807, 2.05) is 48.5 Å². The third kappa shape index (κ3) is 2.60. The summed E-state index contributed by atoms with van der Waals surface area (Å²) >= 11 is 0. The first-order valence-corrected chi connectivity index (χ1v) is 6.60. The smallest absolute Gasteiger partial charge is 0.0816 e. The van der Waals surface area contributed by atoms with Gasteiger partial charge in [-0.05, 0) is 24.1 Å². The average Bonchev–Trinajstić information content (AvgIpc) is 2.99. The molecule has 4 nitrogen and oxygen atoms in total. The monoisotopic (exact) mass is 264 g/mol. The zero-order valence-electron chi connectivity index (χ0n) is 11.1. The van der Waals surface area contributed by atoms with E-state index in [4.69, 9.17) is 5.73 Å². The SMILES string of the molecule is NC(Cc1ccccc1)c1cnnn1-c1ccccc1.